The summed E-state index contributed by atoms with van der Waals surface area (Å²) in [6, 6.07) is 10.3. The Labute approximate surface area is 136 Å². The largest absolute Gasteiger partial charge is 0.316 e. The molecule has 0 spiro atoms. The minimum Gasteiger partial charge on any atom is -0.316 e. The molecule has 0 saturated heterocycles. The van der Waals surface area contributed by atoms with Gasteiger partial charge in [-0.05, 0) is 47.5 Å². The van der Waals surface area contributed by atoms with Crippen LogP contribution in [0.3, 0.4) is 0 Å². The highest BCUT2D eigenvalue weighted by Crippen LogP contribution is 2.29. The predicted molar refractivity (Wildman–Crippen MR) is 92.2 cm³/mol. The number of benzene rings is 1. The van der Waals surface area contributed by atoms with Crippen molar-refractivity contribution < 1.29 is 0 Å². The van der Waals surface area contributed by atoms with Crippen molar-refractivity contribution in [1.29, 1.82) is 0 Å². The smallest absolute Gasteiger partial charge is 0.188 e. The monoisotopic (exact) mass is 359 g/mol. The molecule has 1 N–H and O–H groups in total. The number of rotatable bonds is 3. The zero-order valence-corrected chi connectivity index (χ0v) is 14.1. The molecule has 0 atom stereocenters. The number of hydrogen-bond donors (Lipinski definition) is 1. The lowest BCUT2D eigenvalue weighted by Gasteiger charge is -2.04. The first-order chi connectivity index (χ1) is 10.1. The van der Waals surface area contributed by atoms with Crippen LogP contribution < -0.4 is 5.32 Å². The van der Waals surface area contributed by atoms with Gasteiger partial charge in [0.05, 0.1) is 5.69 Å². The molecular weight excluding hydrogens is 346 g/mol. The lowest BCUT2D eigenvalue weighted by atomic mass is 10.0. The molecule has 1 aromatic carbocycles. The van der Waals surface area contributed by atoms with Crippen LogP contribution in [0.1, 0.15) is 11.1 Å². The van der Waals surface area contributed by atoms with Crippen LogP contribution in [0.4, 0.5) is 10.9 Å². The molecule has 3 rings (SSSR count). The Kier molecular flexibility index (Phi) is 4.03. The maximum atomic E-state index is 4.64. The molecule has 3 aromatic rings. The summed E-state index contributed by atoms with van der Waals surface area (Å²) in [4.78, 5) is 8.94. The van der Waals surface area contributed by atoms with Crippen LogP contribution in [0.5, 0.6) is 0 Å². The van der Waals surface area contributed by atoms with Crippen molar-refractivity contribution in [3.05, 3.63) is 57.5 Å². The Bertz CT molecular complexity index is 765. The Morgan fingerprint density at radius 2 is 2.00 bits per heavy atom. The van der Waals surface area contributed by atoms with Crippen molar-refractivity contribution >= 4 is 38.2 Å². The van der Waals surface area contributed by atoms with Crippen molar-refractivity contribution in [2.45, 2.75) is 13.8 Å². The third-order valence-electron chi connectivity index (χ3n) is 3.12. The quantitative estimate of drug-likeness (QED) is 0.686. The number of hydrogen-bond acceptors (Lipinski definition) is 4. The standard InChI is InChI=1S/C16H14BrN3S/c1-10-3-5-13(11(2)7-10)14-9-21-16(19-14)20-15-6-4-12(17)8-18-15/h3-9H,1-2H3,(H,18,19,20). The summed E-state index contributed by atoms with van der Waals surface area (Å²) >= 11 is 4.96. The Balaban J connectivity index is 1.84. The van der Waals surface area contributed by atoms with Crippen LogP contribution in [0.15, 0.2) is 46.4 Å². The maximum Gasteiger partial charge on any atom is 0.188 e. The van der Waals surface area contributed by atoms with E-state index < -0.39 is 0 Å². The van der Waals surface area contributed by atoms with E-state index in [0.29, 0.717) is 0 Å². The molecule has 106 valence electrons. The van der Waals surface area contributed by atoms with Gasteiger partial charge in [0.1, 0.15) is 5.82 Å². The molecule has 0 saturated carbocycles. The van der Waals surface area contributed by atoms with Gasteiger partial charge in [-0.15, -0.1) is 11.3 Å². The highest BCUT2D eigenvalue weighted by atomic mass is 79.9. The average molecular weight is 360 g/mol. The molecule has 0 fully saturated rings. The van der Waals surface area contributed by atoms with Gasteiger partial charge in [0.25, 0.3) is 0 Å². The molecule has 0 aliphatic heterocycles. The third kappa shape index (κ3) is 3.31. The van der Waals surface area contributed by atoms with Gasteiger partial charge < -0.3 is 5.32 Å². The van der Waals surface area contributed by atoms with Crippen LogP contribution in [0, 0.1) is 13.8 Å². The second-order valence-corrected chi connectivity index (χ2v) is 6.62. The van der Waals surface area contributed by atoms with Gasteiger partial charge in [-0.2, -0.15) is 0 Å². The molecule has 2 heterocycles. The van der Waals surface area contributed by atoms with E-state index in [1.165, 1.54) is 16.7 Å². The van der Waals surface area contributed by atoms with E-state index in [-0.39, 0.29) is 0 Å². The first-order valence-corrected chi connectivity index (χ1v) is 8.21. The zero-order valence-electron chi connectivity index (χ0n) is 11.7. The number of nitrogens with one attached hydrogen (secondary N) is 1. The number of nitrogens with zero attached hydrogens (tertiary/aromatic N) is 2. The summed E-state index contributed by atoms with van der Waals surface area (Å²) in [5, 5.41) is 6.14. The average Bonchev–Trinajstić information content (AvgIpc) is 2.90. The Hall–Kier alpha value is -1.72. The topological polar surface area (TPSA) is 37.8 Å². The lowest BCUT2D eigenvalue weighted by Crippen LogP contribution is -1.92. The number of thiazole rings is 1. The SMILES string of the molecule is Cc1ccc(-c2csc(Nc3ccc(Br)cn3)n2)c(C)c1. The number of halogens is 1. The van der Waals surface area contributed by atoms with E-state index in [4.69, 9.17) is 0 Å². The lowest BCUT2D eigenvalue weighted by molar-refractivity contribution is 1.27. The van der Waals surface area contributed by atoms with E-state index in [1.54, 1.807) is 17.5 Å². The number of aromatic nitrogens is 2. The van der Waals surface area contributed by atoms with Crippen LogP contribution in [0.2, 0.25) is 0 Å². The summed E-state index contributed by atoms with van der Waals surface area (Å²) in [7, 11) is 0. The molecule has 0 unspecified atom stereocenters. The fraction of sp³-hybridized carbons (Fsp3) is 0.125. The van der Waals surface area contributed by atoms with Gasteiger partial charge in [-0.3, -0.25) is 0 Å². The summed E-state index contributed by atoms with van der Waals surface area (Å²) in [5.74, 6) is 0.791. The maximum absolute atomic E-state index is 4.64. The highest BCUT2D eigenvalue weighted by molar-refractivity contribution is 9.10. The number of aryl methyl sites for hydroxylation is 2. The molecular formula is C16H14BrN3S. The zero-order chi connectivity index (χ0) is 14.8. The van der Waals surface area contributed by atoms with Gasteiger partial charge in [0, 0.05) is 21.6 Å². The van der Waals surface area contributed by atoms with Gasteiger partial charge in [0.15, 0.2) is 5.13 Å². The Morgan fingerprint density at radius 3 is 2.71 bits per heavy atom. The minimum absolute atomic E-state index is 0.791. The normalized spacial score (nSPS) is 10.6. The first kappa shape index (κ1) is 14.2. The molecule has 5 heteroatoms. The van der Waals surface area contributed by atoms with E-state index in [0.717, 1.165) is 21.1 Å². The van der Waals surface area contributed by atoms with Gasteiger partial charge >= 0.3 is 0 Å². The number of anilines is 2. The molecule has 0 aliphatic carbocycles. The van der Waals surface area contributed by atoms with Gasteiger partial charge in [0.2, 0.25) is 0 Å². The molecule has 0 amide bonds. The van der Waals surface area contributed by atoms with E-state index in [9.17, 15) is 0 Å². The van der Waals surface area contributed by atoms with E-state index in [1.807, 2.05) is 12.1 Å². The van der Waals surface area contributed by atoms with Crippen LogP contribution in [-0.4, -0.2) is 9.97 Å². The van der Waals surface area contributed by atoms with Crippen molar-refractivity contribution in [1.82, 2.24) is 9.97 Å². The van der Waals surface area contributed by atoms with Crippen molar-refractivity contribution in [2.24, 2.45) is 0 Å². The van der Waals surface area contributed by atoms with Gasteiger partial charge in [-0.25, -0.2) is 9.97 Å². The fourth-order valence-corrected chi connectivity index (χ4v) is 3.07. The number of pyridine rings is 1. The van der Waals surface area contributed by atoms with Crippen molar-refractivity contribution in [3.8, 4) is 11.3 Å². The van der Waals surface area contributed by atoms with Crippen LogP contribution >= 0.6 is 27.3 Å². The van der Waals surface area contributed by atoms with Crippen LogP contribution in [0.25, 0.3) is 11.3 Å². The first-order valence-electron chi connectivity index (χ1n) is 6.53. The summed E-state index contributed by atoms with van der Waals surface area (Å²) in [5.41, 5.74) is 4.68. The second kappa shape index (κ2) is 5.95. The van der Waals surface area contributed by atoms with Crippen molar-refractivity contribution in [3.63, 3.8) is 0 Å². The minimum atomic E-state index is 0.791. The van der Waals surface area contributed by atoms with Crippen LogP contribution in [-0.2, 0) is 0 Å². The van der Waals surface area contributed by atoms with E-state index in [2.05, 4.69) is 68.6 Å². The Morgan fingerprint density at radius 1 is 1.14 bits per heavy atom. The molecule has 0 bridgehead atoms. The van der Waals surface area contributed by atoms with E-state index >= 15 is 0 Å². The molecule has 2 aromatic heterocycles. The highest BCUT2D eigenvalue weighted by Gasteiger charge is 2.08. The summed E-state index contributed by atoms with van der Waals surface area (Å²) < 4.78 is 0.961. The third-order valence-corrected chi connectivity index (χ3v) is 4.35. The summed E-state index contributed by atoms with van der Waals surface area (Å²) in [6.07, 6.45) is 1.76. The summed E-state index contributed by atoms with van der Waals surface area (Å²) in [6.45, 7) is 4.22. The molecule has 21 heavy (non-hydrogen) atoms. The second-order valence-electron chi connectivity index (χ2n) is 4.84. The fourth-order valence-electron chi connectivity index (χ4n) is 2.12. The molecule has 0 aliphatic rings. The molecule has 0 radical (unpaired) electrons. The predicted octanol–water partition coefficient (Wildman–Crippen LogP) is 5.33. The van der Waals surface area contributed by atoms with Gasteiger partial charge in [-0.1, -0.05) is 23.8 Å². The van der Waals surface area contributed by atoms with Crippen molar-refractivity contribution in [2.75, 3.05) is 5.32 Å². The molecule has 3 nitrogen and oxygen atoms in total.